The maximum absolute atomic E-state index is 12.3. The molecule has 30 heavy (non-hydrogen) atoms. The predicted molar refractivity (Wildman–Crippen MR) is 119 cm³/mol. The molecule has 2 heterocycles. The molecule has 2 aromatic carbocycles. The number of nitrogens with zero attached hydrogens (tertiary/aromatic N) is 2. The normalized spacial score (nSPS) is 12.5. The van der Waals surface area contributed by atoms with Crippen molar-refractivity contribution in [2.75, 3.05) is 24.3 Å². The molecule has 1 aromatic heterocycles. The minimum absolute atomic E-state index is 0.0621. The van der Waals surface area contributed by atoms with Crippen molar-refractivity contribution in [1.29, 1.82) is 0 Å². The van der Waals surface area contributed by atoms with Crippen LogP contribution in [-0.4, -0.2) is 34.8 Å². The van der Waals surface area contributed by atoms with Gasteiger partial charge in [0.15, 0.2) is 16.7 Å². The number of carbonyl (C=O) groups excluding carboxylic acids is 1. The SMILES string of the molecule is Cc1cc(C)nc(Sc2ccc(NC(=O)CSc3ccc4c(c3)OCCO4)cc2)n1. The lowest BCUT2D eigenvalue weighted by Gasteiger charge is -2.18. The fourth-order valence-electron chi connectivity index (χ4n) is 2.91. The first kappa shape index (κ1) is 20.6. The molecular weight excluding hydrogens is 418 g/mol. The lowest BCUT2D eigenvalue weighted by Crippen LogP contribution is -2.15. The van der Waals surface area contributed by atoms with Crippen molar-refractivity contribution in [3.05, 3.63) is 59.9 Å². The third-order valence-corrected chi connectivity index (χ3v) is 6.06. The van der Waals surface area contributed by atoms with E-state index in [0.29, 0.717) is 19.0 Å². The molecule has 1 aliphatic rings. The lowest BCUT2D eigenvalue weighted by atomic mass is 10.3. The molecule has 0 bridgehead atoms. The van der Waals surface area contributed by atoms with E-state index in [1.165, 1.54) is 23.5 Å². The number of anilines is 1. The van der Waals surface area contributed by atoms with Crippen molar-refractivity contribution >= 4 is 35.1 Å². The van der Waals surface area contributed by atoms with Gasteiger partial charge in [0.25, 0.3) is 0 Å². The fourth-order valence-corrected chi connectivity index (χ4v) is 4.50. The van der Waals surface area contributed by atoms with Crippen LogP contribution in [0.5, 0.6) is 11.5 Å². The van der Waals surface area contributed by atoms with Crippen LogP contribution < -0.4 is 14.8 Å². The molecule has 3 aromatic rings. The van der Waals surface area contributed by atoms with Gasteiger partial charge in [-0.1, -0.05) is 0 Å². The van der Waals surface area contributed by atoms with Gasteiger partial charge < -0.3 is 14.8 Å². The summed E-state index contributed by atoms with van der Waals surface area (Å²) in [6.07, 6.45) is 0. The highest BCUT2D eigenvalue weighted by Crippen LogP contribution is 2.34. The molecule has 0 fully saturated rings. The van der Waals surface area contributed by atoms with Gasteiger partial charge >= 0.3 is 0 Å². The number of amides is 1. The largest absolute Gasteiger partial charge is 0.486 e. The number of benzene rings is 2. The van der Waals surface area contributed by atoms with Crippen molar-refractivity contribution in [3.63, 3.8) is 0 Å². The molecule has 0 radical (unpaired) electrons. The number of hydrogen-bond acceptors (Lipinski definition) is 7. The maximum Gasteiger partial charge on any atom is 0.234 e. The van der Waals surface area contributed by atoms with E-state index < -0.39 is 0 Å². The van der Waals surface area contributed by atoms with Crippen LogP contribution in [0, 0.1) is 13.8 Å². The number of aromatic nitrogens is 2. The number of ether oxygens (including phenoxy) is 2. The predicted octanol–water partition coefficient (Wildman–Crippen LogP) is 4.75. The van der Waals surface area contributed by atoms with Gasteiger partial charge in [0.1, 0.15) is 13.2 Å². The van der Waals surface area contributed by atoms with Gasteiger partial charge in [0.2, 0.25) is 5.91 Å². The molecule has 1 amide bonds. The quantitative estimate of drug-likeness (QED) is 0.439. The van der Waals surface area contributed by atoms with Crippen molar-refractivity contribution in [2.24, 2.45) is 0 Å². The average Bonchev–Trinajstić information content (AvgIpc) is 2.73. The maximum atomic E-state index is 12.3. The van der Waals surface area contributed by atoms with Crippen molar-refractivity contribution in [2.45, 2.75) is 28.8 Å². The summed E-state index contributed by atoms with van der Waals surface area (Å²) in [5, 5.41) is 3.65. The van der Waals surface area contributed by atoms with Crippen LogP contribution in [0.1, 0.15) is 11.4 Å². The first-order chi connectivity index (χ1) is 14.5. The number of rotatable bonds is 6. The number of fused-ring (bicyclic) bond motifs is 1. The first-order valence-corrected chi connectivity index (χ1v) is 11.3. The van der Waals surface area contributed by atoms with E-state index in [9.17, 15) is 4.79 Å². The van der Waals surface area contributed by atoms with E-state index in [1.807, 2.05) is 62.4 Å². The number of aryl methyl sites for hydroxylation is 2. The molecule has 8 heteroatoms. The van der Waals surface area contributed by atoms with Crippen LogP contribution >= 0.6 is 23.5 Å². The van der Waals surface area contributed by atoms with Crippen LogP contribution in [0.4, 0.5) is 5.69 Å². The highest BCUT2D eigenvalue weighted by atomic mass is 32.2. The summed E-state index contributed by atoms with van der Waals surface area (Å²) in [5.74, 6) is 1.73. The topological polar surface area (TPSA) is 73.3 Å². The second-order valence-corrected chi connectivity index (χ2v) is 8.79. The molecule has 6 nitrogen and oxygen atoms in total. The second kappa shape index (κ2) is 9.40. The van der Waals surface area contributed by atoms with E-state index in [1.54, 1.807) is 0 Å². The Morgan fingerprint density at radius 1 is 0.933 bits per heavy atom. The lowest BCUT2D eigenvalue weighted by molar-refractivity contribution is -0.113. The Morgan fingerprint density at radius 2 is 1.60 bits per heavy atom. The van der Waals surface area contributed by atoms with E-state index in [0.717, 1.165) is 43.5 Å². The summed E-state index contributed by atoms with van der Waals surface area (Å²) < 4.78 is 11.1. The number of nitrogens with one attached hydrogen (secondary N) is 1. The van der Waals surface area contributed by atoms with Crippen LogP contribution in [0.25, 0.3) is 0 Å². The molecule has 0 aliphatic carbocycles. The summed E-state index contributed by atoms with van der Waals surface area (Å²) in [7, 11) is 0. The van der Waals surface area contributed by atoms with Crippen LogP contribution in [0.2, 0.25) is 0 Å². The molecule has 0 saturated heterocycles. The number of hydrogen-bond donors (Lipinski definition) is 1. The number of carbonyl (C=O) groups is 1. The third kappa shape index (κ3) is 5.46. The fraction of sp³-hybridized carbons (Fsp3) is 0.227. The van der Waals surface area contributed by atoms with Crippen LogP contribution in [-0.2, 0) is 4.79 Å². The first-order valence-electron chi connectivity index (χ1n) is 9.48. The smallest absolute Gasteiger partial charge is 0.234 e. The van der Waals surface area contributed by atoms with E-state index in [2.05, 4.69) is 15.3 Å². The summed E-state index contributed by atoms with van der Waals surface area (Å²) in [5.41, 5.74) is 2.65. The molecule has 4 rings (SSSR count). The van der Waals surface area contributed by atoms with E-state index in [4.69, 9.17) is 9.47 Å². The minimum atomic E-state index is -0.0621. The van der Waals surface area contributed by atoms with Gasteiger partial charge in [-0.2, -0.15) is 0 Å². The average molecular weight is 440 g/mol. The summed E-state index contributed by atoms with van der Waals surface area (Å²) >= 11 is 2.96. The second-order valence-electron chi connectivity index (χ2n) is 6.70. The number of thioether (sulfide) groups is 1. The van der Waals surface area contributed by atoms with Gasteiger partial charge in [-0.25, -0.2) is 9.97 Å². The van der Waals surface area contributed by atoms with Crippen LogP contribution in [0.15, 0.2) is 63.5 Å². The third-order valence-electron chi connectivity index (χ3n) is 4.19. The molecule has 1 aliphatic heterocycles. The standard InChI is InChI=1S/C22H21N3O3S2/c1-14-11-15(2)24-22(23-14)30-17-5-3-16(4-6-17)25-21(26)13-29-18-7-8-19-20(12-18)28-10-9-27-19/h3-8,11-12H,9-10,13H2,1-2H3,(H,25,26). The molecule has 154 valence electrons. The summed E-state index contributed by atoms with van der Waals surface area (Å²) in [4.78, 5) is 23.2. The molecular formula is C22H21N3O3S2. The Labute approximate surface area is 183 Å². The molecule has 1 N–H and O–H groups in total. The van der Waals surface area contributed by atoms with Gasteiger partial charge in [-0.05, 0) is 74.1 Å². The van der Waals surface area contributed by atoms with E-state index >= 15 is 0 Å². The highest BCUT2D eigenvalue weighted by molar-refractivity contribution is 8.00. The van der Waals surface area contributed by atoms with Gasteiger partial charge in [-0.15, -0.1) is 11.8 Å². The minimum Gasteiger partial charge on any atom is -0.486 e. The van der Waals surface area contributed by atoms with Crippen LogP contribution in [0.3, 0.4) is 0 Å². The zero-order chi connectivity index (χ0) is 20.9. The Hall–Kier alpha value is -2.71. The Kier molecular flexibility index (Phi) is 6.44. The van der Waals surface area contributed by atoms with Gasteiger partial charge in [-0.3, -0.25) is 4.79 Å². The zero-order valence-electron chi connectivity index (χ0n) is 16.7. The highest BCUT2D eigenvalue weighted by Gasteiger charge is 2.13. The van der Waals surface area contributed by atoms with Crippen molar-refractivity contribution in [3.8, 4) is 11.5 Å². The summed E-state index contributed by atoms with van der Waals surface area (Å²) in [6, 6.07) is 15.4. The Balaban J connectivity index is 1.30. The monoisotopic (exact) mass is 439 g/mol. The molecule has 0 spiro atoms. The summed E-state index contributed by atoms with van der Waals surface area (Å²) in [6.45, 7) is 5.03. The van der Waals surface area contributed by atoms with Gasteiger partial charge in [0.05, 0.1) is 5.75 Å². The molecule has 0 unspecified atom stereocenters. The molecule has 0 saturated carbocycles. The Bertz CT molecular complexity index is 1040. The molecule has 0 atom stereocenters. The van der Waals surface area contributed by atoms with E-state index in [-0.39, 0.29) is 5.91 Å². The Morgan fingerprint density at radius 3 is 2.33 bits per heavy atom. The van der Waals surface area contributed by atoms with Crippen molar-refractivity contribution in [1.82, 2.24) is 9.97 Å². The van der Waals surface area contributed by atoms with Crippen molar-refractivity contribution < 1.29 is 14.3 Å². The zero-order valence-corrected chi connectivity index (χ0v) is 18.3. The van der Waals surface area contributed by atoms with Gasteiger partial charge in [0, 0.05) is 26.9 Å².